The third kappa shape index (κ3) is 7.51. The maximum Gasteiger partial charge on any atom is 0.0375 e. The molecular formula is C11H25NOS. The summed E-state index contributed by atoms with van der Waals surface area (Å²) < 4.78 is 11.6. The molecule has 0 saturated carbocycles. The SMILES string of the molecule is CC(C)CNCCCS(=O)C(C)(C)C. The van der Waals surface area contributed by atoms with Crippen LogP contribution in [-0.2, 0) is 10.8 Å². The Kier molecular flexibility index (Phi) is 6.62. The fourth-order valence-electron chi connectivity index (χ4n) is 1.03. The second-order valence-electron chi connectivity index (χ2n) is 5.11. The molecule has 86 valence electrons. The van der Waals surface area contributed by atoms with Gasteiger partial charge in [0.25, 0.3) is 0 Å². The summed E-state index contributed by atoms with van der Waals surface area (Å²) in [6, 6.07) is 0. The van der Waals surface area contributed by atoms with E-state index in [4.69, 9.17) is 0 Å². The number of hydrogen-bond donors (Lipinski definition) is 1. The monoisotopic (exact) mass is 219 g/mol. The third-order valence-electron chi connectivity index (χ3n) is 1.92. The zero-order valence-electron chi connectivity index (χ0n) is 10.2. The van der Waals surface area contributed by atoms with E-state index in [0.29, 0.717) is 5.92 Å². The Labute approximate surface area is 91.3 Å². The van der Waals surface area contributed by atoms with E-state index in [9.17, 15) is 4.21 Å². The van der Waals surface area contributed by atoms with E-state index in [1.807, 2.05) is 20.8 Å². The van der Waals surface area contributed by atoms with Gasteiger partial charge in [0.1, 0.15) is 0 Å². The molecule has 0 bridgehead atoms. The molecule has 0 radical (unpaired) electrons. The van der Waals surface area contributed by atoms with Gasteiger partial charge in [-0.3, -0.25) is 4.21 Å². The molecule has 0 aliphatic carbocycles. The first-order valence-electron chi connectivity index (χ1n) is 5.43. The standard InChI is InChI=1S/C11H25NOS/c1-10(2)9-12-7-6-8-14(13)11(3,4)5/h10,12H,6-9H2,1-5H3. The number of rotatable bonds is 6. The van der Waals surface area contributed by atoms with Crippen LogP contribution in [-0.4, -0.2) is 27.8 Å². The van der Waals surface area contributed by atoms with Gasteiger partial charge in [0.15, 0.2) is 0 Å². The Bertz CT molecular complexity index is 173. The summed E-state index contributed by atoms with van der Waals surface area (Å²) in [5, 5.41) is 3.36. The highest BCUT2D eigenvalue weighted by molar-refractivity contribution is 7.86. The lowest BCUT2D eigenvalue weighted by Gasteiger charge is -2.17. The fourth-order valence-corrected chi connectivity index (χ4v) is 2.04. The molecule has 0 rings (SSSR count). The quantitative estimate of drug-likeness (QED) is 0.694. The summed E-state index contributed by atoms with van der Waals surface area (Å²) in [4.78, 5) is 0. The predicted octanol–water partition coefficient (Wildman–Crippen LogP) is 2.17. The topological polar surface area (TPSA) is 29.1 Å². The number of hydrogen-bond acceptors (Lipinski definition) is 2. The van der Waals surface area contributed by atoms with Gasteiger partial charge < -0.3 is 5.32 Å². The van der Waals surface area contributed by atoms with Gasteiger partial charge >= 0.3 is 0 Å². The zero-order valence-corrected chi connectivity index (χ0v) is 11.0. The Morgan fingerprint density at radius 3 is 2.29 bits per heavy atom. The fraction of sp³-hybridized carbons (Fsp3) is 1.00. The molecule has 3 heteroatoms. The number of nitrogens with one attached hydrogen (secondary N) is 1. The highest BCUT2D eigenvalue weighted by Crippen LogP contribution is 2.11. The lowest BCUT2D eigenvalue weighted by molar-refractivity contribution is 0.550. The van der Waals surface area contributed by atoms with Gasteiger partial charge in [-0.1, -0.05) is 13.8 Å². The van der Waals surface area contributed by atoms with Crippen molar-refractivity contribution in [2.45, 2.75) is 45.8 Å². The van der Waals surface area contributed by atoms with Crippen molar-refractivity contribution < 1.29 is 4.21 Å². The molecule has 0 aromatic rings. The van der Waals surface area contributed by atoms with E-state index in [-0.39, 0.29) is 4.75 Å². The van der Waals surface area contributed by atoms with E-state index >= 15 is 0 Å². The molecule has 0 aromatic carbocycles. The lowest BCUT2D eigenvalue weighted by atomic mass is 10.2. The Hall–Kier alpha value is 0.110. The molecule has 14 heavy (non-hydrogen) atoms. The molecule has 0 saturated heterocycles. The van der Waals surface area contributed by atoms with Crippen LogP contribution in [0.25, 0.3) is 0 Å². The summed E-state index contributed by atoms with van der Waals surface area (Å²) in [6.07, 6.45) is 1.01. The van der Waals surface area contributed by atoms with Crippen molar-refractivity contribution >= 4 is 10.8 Å². The van der Waals surface area contributed by atoms with E-state index in [1.165, 1.54) is 0 Å². The average Bonchev–Trinajstić information content (AvgIpc) is 2.01. The van der Waals surface area contributed by atoms with E-state index in [2.05, 4.69) is 19.2 Å². The molecule has 2 nitrogen and oxygen atoms in total. The van der Waals surface area contributed by atoms with Crippen LogP contribution >= 0.6 is 0 Å². The molecule has 1 unspecified atom stereocenters. The molecule has 0 spiro atoms. The molecular weight excluding hydrogens is 194 g/mol. The molecule has 1 N–H and O–H groups in total. The van der Waals surface area contributed by atoms with Gasteiger partial charge in [-0.25, -0.2) is 0 Å². The first-order chi connectivity index (χ1) is 6.34. The Morgan fingerprint density at radius 1 is 1.29 bits per heavy atom. The van der Waals surface area contributed by atoms with Crippen LogP contribution in [0.4, 0.5) is 0 Å². The molecule has 0 aliphatic rings. The first-order valence-corrected chi connectivity index (χ1v) is 6.75. The van der Waals surface area contributed by atoms with Crippen LogP contribution in [0.1, 0.15) is 41.0 Å². The average molecular weight is 219 g/mol. The van der Waals surface area contributed by atoms with Crippen LogP contribution in [0.2, 0.25) is 0 Å². The summed E-state index contributed by atoms with van der Waals surface area (Å²) >= 11 is 0. The minimum absolute atomic E-state index is 0.0575. The zero-order chi connectivity index (χ0) is 11.2. The van der Waals surface area contributed by atoms with Gasteiger partial charge in [-0.2, -0.15) is 0 Å². The first kappa shape index (κ1) is 14.1. The minimum atomic E-state index is -0.691. The van der Waals surface area contributed by atoms with Crippen LogP contribution in [0.5, 0.6) is 0 Å². The molecule has 0 amide bonds. The van der Waals surface area contributed by atoms with E-state index in [0.717, 1.165) is 25.3 Å². The Morgan fingerprint density at radius 2 is 1.86 bits per heavy atom. The highest BCUT2D eigenvalue weighted by atomic mass is 32.2. The minimum Gasteiger partial charge on any atom is -0.316 e. The van der Waals surface area contributed by atoms with Crippen molar-refractivity contribution in [2.24, 2.45) is 5.92 Å². The van der Waals surface area contributed by atoms with E-state index in [1.54, 1.807) is 0 Å². The Balaban J connectivity index is 3.42. The van der Waals surface area contributed by atoms with Crippen molar-refractivity contribution in [1.82, 2.24) is 5.32 Å². The summed E-state index contributed by atoms with van der Waals surface area (Å²) in [5.74, 6) is 1.51. The maximum atomic E-state index is 11.6. The highest BCUT2D eigenvalue weighted by Gasteiger charge is 2.18. The molecule has 0 aromatic heterocycles. The van der Waals surface area contributed by atoms with Crippen LogP contribution < -0.4 is 5.32 Å². The second kappa shape index (κ2) is 6.57. The van der Waals surface area contributed by atoms with Crippen molar-refractivity contribution in [3.63, 3.8) is 0 Å². The van der Waals surface area contributed by atoms with Crippen molar-refractivity contribution in [1.29, 1.82) is 0 Å². The van der Waals surface area contributed by atoms with Crippen LogP contribution in [0, 0.1) is 5.92 Å². The van der Waals surface area contributed by atoms with Gasteiger partial charge in [-0.05, 0) is 46.2 Å². The van der Waals surface area contributed by atoms with Crippen LogP contribution in [0.15, 0.2) is 0 Å². The van der Waals surface area contributed by atoms with Crippen molar-refractivity contribution in [3.05, 3.63) is 0 Å². The smallest absolute Gasteiger partial charge is 0.0375 e. The largest absolute Gasteiger partial charge is 0.316 e. The molecule has 0 aliphatic heterocycles. The normalized spacial score (nSPS) is 14.7. The predicted molar refractivity (Wildman–Crippen MR) is 65.1 cm³/mol. The summed E-state index contributed by atoms with van der Waals surface area (Å²) in [7, 11) is -0.691. The third-order valence-corrected chi connectivity index (χ3v) is 3.94. The maximum absolute atomic E-state index is 11.6. The van der Waals surface area contributed by atoms with Crippen molar-refractivity contribution in [2.75, 3.05) is 18.8 Å². The van der Waals surface area contributed by atoms with Gasteiger partial charge in [0.05, 0.1) is 0 Å². The molecule has 0 fully saturated rings. The summed E-state index contributed by atoms with van der Waals surface area (Å²) in [6.45, 7) is 12.5. The van der Waals surface area contributed by atoms with Crippen molar-refractivity contribution in [3.8, 4) is 0 Å². The van der Waals surface area contributed by atoms with Crippen LogP contribution in [0.3, 0.4) is 0 Å². The van der Waals surface area contributed by atoms with Gasteiger partial charge in [0.2, 0.25) is 0 Å². The summed E-state index contributed by atoms with van der Waals surface area (Å²) in [5.41, 5.74) is 0. The van der Waals surface area contributed by atoms with Gasteiger partial charge in [-0.15, -0.1) is 0 Å². The second-order valence-corrected chi connectivity index (χ2v) is 7.44. The lowest BCUT2D eigenvalue weighted by Crippen LogP contribution is -2.27. The van der Waals surface area contributed by atoms with E-state index < -0.39 is 10.8 Å². The van der Waals surface area contributed by atoms with Gasteiger partial charge in [0, 0.05) is 21.3 Å². The molecule has 0 heterocycles. The molecule has 1 atom stereocenters.